The molecule has 0 bridgehead atoms. The Balaban J connectivity index is 1.42. The fourth-order valence-corrected chi connectivity index (χ4v) is 3.99. The zero-order valence-corrected chi connectivity index (χ0v) is 14.9. The monoisotopic (exact) mass is 330 g/mol. The number of ether oxygens (including phenoxy) is 1. The summed E-state index contributed by atoms with van der Waals surface area (Å²) >= 11 is 0. The summed E-state index contributed by atoms with van der Waals surface area (Å²) in [6, 6.07) is 7.81. The van der Waals surface area contributed by atoms with Crippen molar-refractivity contribution in [2.24, 2.45) is 5.92 Å². The molecule has 0 radical (unpaired) electrons. The fourth-order valence-electron chi connectivity index (χ4n) is 3.99. The summed E-state index contributed by atoms with van der Waals surface area (Å²) in [4.78, 5) is 16.7. The molecule has 4 nitrogen and oxygen atoms in total. The van der Waals surface area contributed by atoms with E-state index in [1.54, 1.807) is 0 Å². The van der Waals surface area contributed by atoms with Crippen molar-refractivity contribution in [3.63, 3.8) is 0 Å². The molecule has 2 aliphatic rings. The van der Waals surface area contributed by atoms with E-state index in [2.05, 4.69) is 9.80 Å². The largest absolute Gasteiger partial charge is 0.465 e. The van der Waals surface area contributed by atoms with E-state index in [-0.39, 0.29) is 5.97 Å². The molecule has 1 aliphatic heterocycles. The molecule has 0 N–H and O–H groups in total. The molecule has 1 aromatic rings. The number of nitrogens with zero attached hydrogens (tertiary/aromatic N) is 2. The first-order valence-corrected chi connectivity index (χ1v) is 9.36. The second-order valence-electron chi connectivity index (χ2n) is 7.27. The third-order valence-corrected chi connectivity index (χ3v) is 5.49. The van der Waals surface area contributed by atoms with Gasteiger partial charge >= 0.3 is 5.97 Å². The van der Waals surface area contributed by atoms with Crippen molar-refractivity contribution in [1.82, 2.24) is 9.80 Å². The Bertz CT molecular complexity index is 515. The van der Waals surface area contributed by atoms with Gasteiger partial charge in [-0.1, -0.05) is 31.4 Å². The van der Waals surface area contributed by atoms with Gasteiger partial charge in [-0.3, -0.25) is 4.90 Å². The summed E-state index contributed by atoms with van der Waals surface area (Å²) in [5, 5.41) is 0. The molecule has 2 fully saturated rings. The maximum Gasteiger partial charge on any atom is 0.337 e. The van der Waals surface area contributed by atoms with Crippen LogP contribution in [0.4, 0.5) is 0 Å². The Morgan fingerprint density at radius 1 is 1.00 bits per heavy atom. The van der Waals surface area contributed by atoms with Crippen molar-refractivity contribution in [2.45, 2.75) is 38.6 Å². The lowest BCUT2D eigenvalue weighted by molar-refractivity contribution is 0.0600. The molecule has 0 unspecified atom stereocenters. The zero-order valence-electron chi connectivity index (χ0n) is 14.9. The first-order chi connectivity index (χ1) is 11.7. The molecular formula is C20H30N2O2. The third-order valence-electron chi connectivity index (χ3n) is 5.49. The summed E-state index contributed by atoms with van der Waals surface area (Å²) in [6.45, 7) is 6.95. The normalized spacial score (nSPS) is 20.9. The van der Waals surface area contributed by atoms with Crippen LogP contribution in [0.3, 0.4) is 0 Å². The predicted molar refractivity (Wildman–Crippen MR) is 96.1 cm³/mol. The maximum atomic E-state index is 11.5. The van der Waals surface area contributed by atoms with E-state index in [0.29, 0.717) is 5.56 Å². The quantitative estimate of drug-likeness (QED) is 0.777. The van der Waals surface area contributed by atoms with Crippen molar-refractivity contribution >= 4 is 5.97 Å². The molecule has 132 valence electrons. The van der Waals surface area contributed by atoms with Crippen LogP contribution in [-0.4, -0.2) is 55.6 Å². The van der Waals surface area contributed by atoms with E-state index in [4.69, 9.17) is 4.74 Å². The van der Waals surface area contributed by atoms with E-state index in [9.17, 15) is 4.79 Å². The van der Waals surface area contributed by atoms with E-state index in [1.165, 1.54) is 64.4 Å². The molecule has 0 atom stereocenters. The van der Waals surface area contributed by atoms with Crippen LogP contribution >= 0.6 is 0 Å². The van der Waals surface area contributed by atoms with Gasteiger partial charge in [0.15, 0.2) is 0 Å². The van der Waals surface area contributed by atoms with Crippen LogP contribution in [0.5, 0.6) is 0 Å². The average Bonchev–Trinajstić information content (AvgIpc) is 2.64. The molecule has 24 heavy (non-hydrogen) atoms. The van der Waals surface area contributed by atoms with Gasteiger partial charge in [0.2, 0.25) is 0 Å². The number of hydrogen-bond acceptors (Lipinski definition) is 4. The van der Waals surface area contributed by atoms with Gasteiger partial charge in [-0.25, -0.2) is 4.79 Å². The number of piperazine rings is 1. The van der Waals surface area contributed by atoms with Gasteiger partial charge in [0, 0.05) is 39.3 Å². The Morgan fingerprint density at radius 2 is 1.62 bits per heavy atom. The summed E-state index contributed by atoms with van der Waals surface area (Å²) in [6.07, 6.45) is 7.19. The van der Waals surface area contributed by atoms with Crippen LogP contribution in [0.1, 0.15) is 48.0 Å². The fraction of sp³-hybridized carbons (Fsp3) is 0.650. The molecular weight excluding hydrogens is 300 g/mol. The molecule has 0 spiro atoms. The highest BCUT2D eigenvalue weighted by Crippen LogP contribution is 2.24. The predicted octanol–water partition coefficient (Wildman–Crippen LogP) is 3.17. The molecule has 0 aromatic heterocycles. The Kier molecular flexibility index (Phi) is 6.27. The van der Waals surface area contributed by atoms with Crippen molar-refractivity contribution < 1.29 is 9.53 Å². The highest BCUT2D eigenvalue weighted by Gasteiger charge is 2.21. The van der Waals surface area contributed by atoms with Crippen molar-refractivity contribution in [2.75, 3.05) is 39.8 Å². The minimum absolute atomic E-state index is 0.266. The van der Waals surface area contributed by atoms with E-state index < -0.39 is 0 Å². The lowest BCUT2D eigenvalue weighted by atomic mass is 9.89. The van der Waals surface area contributed by atoms with Crippen LogP contribution in [0.2, 0.25) is 0 Å². The van der Waals surface area contributed by atoms with E-state index in [0.717, 1.165) is 25.6 Å². The summed E-state index contributed by atoms with van der Waals surface area (Å²) in [5.74, 6) is 0.675. The van der Waals surface area contributed by atoms with Gasteiger partial charge in [0.05, 0.1) is 12.7 Å². The van der Waals surface area contributed by atoms with Gasteiger partial charge in [-0.15, -0.1) is 0 Å². The average molecular weight is 330 g/mol. The van der Waals surface area contributed by atoms with Crippen LogP contribution < -0.4 is 0 Å². The first kappa shape index (κ1) is 17.4. The Labute approximate surface area is 145 Å². The molecule has 1 saturated carbocycles. The highest BCUT2D eigenvalue weighted by molar-refractivity contribution is 5.89. The van der Waals surface area contributed by atoms with E-state index >= 15 is 0 Å². The van der Waals surface area contributed by atoms with Gasteiger partial charge < -0.3 is 9.64 Å². The maximum absolute atomic E-state index is 11.5. The van der Waals surface area contributed by atoms with Gasteiger partial charge in [0.1, 0.15) is 0 Å². The smallest absolute Gasteiger partial charge is 0.337 e. The summed E-state index contributed by atoms with van der Waals surface area (Å²) in [5.41, 5.74) is 1.89. The van der Waals surface area contributed by atoms with Gasteiger partial charge in [-0.2, -0.15) is 0 Å². The second-order valence-corrected chi connectivity index (χ2v) is 7.27. The standard InChI is InChI=1S/C20H30N2O2/c1-24-20(23)19-9-7-18(8-10-19)16-22-13-11-21(12-14-22)15-17-5-3-2-4-6-17/h7-10,17H,2-6,11-16H2,1H3. The minimum atomic E-state index is -0.266. The van der Waals surface area contributed by atoms with Crippen molar-refractivity contribution in [3.8, 4) is 0 Å². The minimum Gasteiger partial charge on any atom is -0.465 e. The molecule has 1 aromatic carbocycles. The number of methoxy groups -OCH3 is 1. The molecule has 0 amide bonds. The first-order valence-electron chi connectivity index (χ1n) is 9.36. The van der Waals surface area contributed by atoms with Gasteiger partial charge in [-0.05, 0) is 36.5 Å². The van der Waals surface area contributed by atoms with E-state index in [1.807, 2.05) is 24.3 Å². The lowest BCUT2D eigenvalue weighted by Gasteiger charge is -2.37. The molecule has 1 aliphatic carbocycles. The Morgan fingerprint density at radius 3 is 2.25 bits per heavy atom. The lowest BCUT2D eigenvalue weighted by Crippen LogP contribution is -2.47. The van der Waals surface area contributed by atoms with Crippen LogP contribution in [0.25, 0.3) is 0 Å². The number of esters is 1. The number of rotatable bonds is 5. The molecule has 3 rings (SSSR count). The number of carbonyl (C=O) groups excluding carboxylic acids is 1. The summed E-state index contributed by atoms with van der Waals surface area (Å²) < 4.78 is 4.75. The van der Waals surface area contributed by atoms with Crippen molar-refractivity contribution in [1.29, 1.82) is 0 Å². The molecule has 1 saturated heterocycles. The highest BCUT2D eigenvalue weighted by atomic mass is 16.5. The number of benzene rings is 1. The topological polar surface area (TPSA) is 32.8 Å². The van der Waals surface area contributed by atoms with Crippen LogP contribution in [-0.2, 0) is 11.3 Å². The zero-order chi connectivity index (χ0) is 16.8. The second kappa shape index (κ2) is 8.63. The third kappa shape index (κ3) is 4.81. The number of carbonyl (C=O) groups is 1. The molecule has 4 heteroatoms. The summed E-state index contributed by atoms with van der Waals surface area (Å²) in [7, 11) is 1.42. The van der Waals surface area contributed by atoms with Gasteiger partial charge in [0.25, 0.3) is 0 Å². The number of hydrogen-bond donors (Lipinski definition) is 0. The SMILES string of the molecule is COC(=O)c1ccc(CN2CCN(CC3CCCCC3)CC2)cc1. The molecule has 1 heterocycles. The van der Waals surface area contributed by atoms with Crippen LogP contribution in [0.15, 0.2) is 24.3 Å². The van der Waals surface area contributed by atoms with Crippen molar-refractivity contribution in [3.05, 3.63) is 35.4 Å². The Hall–Kier alpha value is -1.39. The van der Waals surface area contributed by atoms with Crippen LogP contribution in [0, 0.1) is 5.92 Å².